The van der Waals surface area contributed by atoms with Gasteiger partial charge >= 0.3 is 5.69 Å². The highest BCUT2D eigenvalue weighted by Gasteiger charge is 2.24. The number of fused-ring (bicyclic) bond motifs is 1. The maximum absolute atomic E-state index is 13.6. The number of benzene rings is 1. The predicted molar refractivity (Wildman–Crippen MR) is 126 cm³/mol. The zero-order chi connectivity index (χ0) is 22.8. The summed E-state index contributed by atoms with van der Waals surface area (Å²) in [5, 5.41) is 14.6. The number of imidazole rings is 1. The van der Waals surface area contributed by atoms with Crippen molar-refractivity contribution in [3.05, 3.63) is 67.5 Å². The number of hydrogen-bond donors (Lipinski definition) is 2. The molecule has 0 atom stereocenters. The van der Waals surface area contributed by atoms with Gasteiger partial charge in [-0.2, -0.15) is 4.98 Å². The van der Waals surface area contributed by atoms with Crippen LogP contribution in [0.3, 0.4) is 0 Å². The van der Waals surface area contributed by atoms with Crippen molar-refractivity contribution in [3.63, 3.8) is 0 Å². The van der Waals surface area contributed by atoms with E-state index in [1.165, 1.54) is 9.13 Å². The van der Waals surface area contributed by atoms with E-state index in [0.717, 1.165) is 31.8 Å². The first-order valence-corrected chi connectivity index (χ1v) is 10.7. The van der Waals surface area contributed by atoms with Crippen LogP contribution < -0.4 is 26.9 Å². The Morgan fingerprint density at radius 1 is 1.19 bits per heavy atom. The van der Waals surface area contributed by atoms with Gasteiger partial charge in [-0.15, -0.1) is 0 Å². The van der Waals surface area contributed by atoms with E-state index in [0.29, 0.717) is 34.9 Å². The molecule has 0 radical (unpaired) electrons. The lowest BCUT2D eigenvalue weighted by atomic mass is 10.2. The van der Waals surface area contributed by atoms with Gasteiger partial charge in [0.1, 0.15) is 0 Å². The molecule has 0 aliphatic carbocycles. The van der Waals surface area contributed by atoms with E-state index in [-0.39, 0.29) is 6.54 Å². The second-order valence-electron chi connectivity index (χ2n) is 8.21. The van der Waals surface area contributed by atoms with Crippen LogP contribution in [0.1, 0.15) is 19.4 Å². The van der Waals surface area contributed by atoms with E-state index in [2.05, 4.69) is 10.2 Å². The summed E-state index contributed by atoms with van der Waals surface area (Å²) >= 11 is 0. The van der Waals surface area contributed by atoms with E-state index in [1.54, 1.807) is 31.3 Å². The highest BCUT2D eigenvalue weighted by Crippen LogP contribution is 2.21. The van der Waals surface area contributed by atoms with Crippen LogP contribution in [-0.4, -0.2) is 44.9 Å². The van der Waals surface area contributed by atoms with Gasteiger partial charge < -0.3 is 25.5 Å². The highest BCUT2D eigenvalue weighted by molar-refractivity contribution is 5.75. The minimum atomic E-state index is -0.470. The molecule has 1 aromatic carbocycles. The van der Waals surface area contributed by atoms with E-state index in [9.17, 15) is 14.8 Å². The molecule has 0 saturated carbocycles. The number of nitrogens with one attached hydrogen (secondary N) is 2. The average Bonchev–Trinajstić information content (AvgIpc) is 3.19. The topological polar surface area (TPSA) is 112 Å². The smallest absolute Gasteiger partial charge is 0.332 e. The summed E-state index contributed by atoms with van der Waals surface area (Å²) in [6.45, 7) is 7.66. The second kappa shape index (κ2) is 9.01. The molecular formula is C22H28N7O3-. The van der Waals surface area contributed by atoms with Gasteiger partial charge in [-0.25, -0.2) is 4.79 Å². The van der Waals surface area contributed by atoms with Crippen LogP contribution in [-0.2, 0) is 20.1 Å². The third-order valence-electron chi connectivity index (χ3n) is 5.75. The Hall–Kier alpha value is -3.37. The number of hydrogen-bond acceptors (Lipinski definition) is 7. The number of para-hydroxylation sites is 1. The van der Waals surface area contributed by atoms with Crippen molar-refractivity contribution in [2.24, 2.45) is 7.05 Å². The first-order valence-electron chi connectivity index (χ1n) is 10.7. The van der Waals surface area contributed by atoms with Gasteiger partial charge in [-0.05, 0) is 25.5 Å². The summed E-state index contributed by atoms with van der Waals surface area (Å²) in [5.74, 6) is 0.686. The number of anilines is 2. The molecule has 2 aromatic heterocycles. The van der Waals surface area contributed by atoms with Gasteiger partial charge in [-0.1, -0.05) is 29.8 Å². The molecule has 2 N–H and O–H groups in total. The fourth-order valence-electron chi connectivity index (χ4n) is 3.98. The van der Waals surface area contributed by atoms with Crippen LogP contribution >= 0.6 is 0 Å². The molecule has 1 aliphatic heterocycles. The van der Waals surface area contributed by atoms with Crippen LogP contribution in [0.2, 0.25) is 0 Å². The number of rotatable bonds is 6. The molecule has 1 aliphatic rings. The largest absolute Gasteiger partial charge is 0.761 e. The van der Waals surface area contributed by atoms with Crippen molar-refractivity contribution in [2.75, 3.05) is 36.6 Å². The molecule has 4 rings (SSSR count). The van der Waals surface area contributed by atoms with Crippen molar-refractivity contribution in [1.29, 1.82) is 0 Å². The summed E-state index contributed by atoms with van der Waals surface area (Å²) in [5.41, 5.74) is 3.77. The summed E-state index contributed by atoms with van der Waals surface area (Å²) < 4.78 is 4.47. The molecule has 10 heteroatoms. The maximum atomic E-state index is 13.6. The van der Waals surface area contributed by atoms with Gasteiger partial charge in [0.2, 0.25) is 5.95 Å². The second-order valence-corrected chi connectivity index (χ2v) is 8.21. The lowest BCUT2D eigenvalue weighted by Crippen LogP contribution is -2.44. The van der Waals surface area contributed by atoms with E-state index in [1.807, 2.05) is 30.0 Å². The number of nitrogens with zero attached hydrogens (tertiary/aromatic N) is 5. The number of aryl methyl sites for hydroxylation is 1. The minimum Gasteiger partial charge on any atom is -0.761 e. The molecule has 10 nitrogen and oxygen atoms in total. The molecule has 1 fully saturated rings. The molecule has 0 bridgehead atoms. The zero-order valence-corrected chi connectivity index (χ0v) is 18.6. The Morgan fingerprint density at radius 3 is 2.59 bits per heavy atom. The molecule has 32 heavy (non-hydrogen) atoms. The maximum Gasteiger partial charge on any atom is 0.332 e. The Bertz CT molecular complexity index is 1280. The quantitative estimate of drug-likeness (QED) is 0.440. The SMILES string of the molecule is CC(C)=CCn1c(N2CCNCC2)nc2c1c(=O)n(Cc1ccccc1N[O-])c(=O)n2C. The average molecular weight is 439 g/mol. The number of piperazine rings is 1. The van der Waals surface area contributed by atoms with Gasteiger partial charge in [0, 0.05) is 45.5 Å². The summed E-state index contributed by atoms with van der Waals surface area (Å²) in [6, 6.07) is 6.84. The van der Waals surface area contributed by atoms with Gasteiger partial charge in [0.05, 0.1) is 6.54 Å². The summed E-state index contributed by atoms with van der Waals surface area (Å²) in [7, 11) is 1.62. The van der Waals surface area contributed by atoms with E-state index < -0.39 is 11.2 Å². The molecule has 0 amide bonds. The van der Waals surface area contributed by atoms with E-state index in [4.69, 9.17) is 4.98 Å². The summed E-state index contributed by atoms with van der Waals surface area (Å²) in [4.78, 5) is 33.6. The lowest BCUT2D eigenvalue weighted by Gasteiger charge is -2.28. The van der Waals surface area contributed by atoms with Crippen LogP contribution in [0.25, 0.3) is 11.2 Å². The Kier molecular flexibility index (Phi) is 6.15. The molecule has 0 unspecified atom stereocenters. The zero-order valence-electron chi connectivity index (χ0n) is 18.6. The van der Waals surface area contributed by atoms with E-state index >= 15 is 0 Å². The fraction of sp³-hybridized carbons (Fsp3) is 0.409. The van der Waals surface area contributed by atoms with Gasteiger partial charge in [0.15, 0.2) is 11.2 Å². The molecular weight excluding hydrogens is 410 g/mol. The van der Waals surface area contributed by atoms with Crippen molar-refractivity contribution in [1.82, 2.24) is 24.0 Å². The first kappa shape index (κ1) is 21.8. The normalized spacial score (nSPS) is 14.1. The predicted octanol–water partition coefficient (Wildman–Crippen LogP) is 1.23. The van der Waals surface area contributed by atoms with Crippen LogP contribution in [0.4, 0.5) is 11.6 Å². The first-order chi connectivity index (χ1) is 15.4. The lowest BCUT2D eigenvalue weighted by molar-refractivity contribution is 0.572. The van der Waals surface area contributed by atoms with Crippen LogP contribution in [0, 0.1) is 5.21 Å². The monoisotopic (exact) mass is 438 g/mol. The van der Waals surface area contributed by atoms with Crippen LogP contribution in [0.5, 0.6) is 0 Å². The van der Waals surface area contributed by atoms with Crippen molar-refractivity contribution in [3.8, 4) is 0 Å². The standard InChI is InChI=1S/C22H28N7O3/c1-15(2)8-11-28-18-19(24-21(28)27-12-9-23-10-13-27)26(3)22(31)29(20(18)30)14-16-6-4-5-7-17(16)25-32/h4-8,23,25H,9-14H2,1-3H3/q-1. The Morgan fingerprint density at radius 2 is 1.91 bits per heavy atom. The highest BCUT2D eigenvalue weighted by atomic mass is 16.5. The third-order valence-corrected chi connectivity index (χ3v) is 5.75. The van der Waals surface area contributed by atoms with Gasteiger partial charge in [-0.3, -0.25) is 13.9 Å². The Balaban J connectivity index is 1.94. The van der Waals surface area contributed by atoms with Crippen molar-refractivity contribution in [2.45, 2.75) is 26.9 Å². The molecule has 0 spiro atoms. The fourth-order valence-corrected chi connectivity index (χ4v) is 3.98. The van der Waals surface area contributed by atoms with Gasteiger partial charge in [0.25, 0.3) is 5.56 Å². The van der Waals surface area contributed by atoms with Crippen molar-refractivity contribution < 1.29 is 0 Å². The van der Waals surface area contributed by atoms with Crippen molar-refractivity contribution >= 4 is 22.8 Å². The number of allylic oxidation sites excluding steroid dienone is 2. The third kappa shape index (κ3) is 3.94. The molecule has 1 saturated heterocycles. The molecule has 3 heterocycles. The number of aromatic nitrogens is 4. The Labute approximate surface area is 185 Å². The molecule has 170 valence electrons. The minimum absolute atomic E-state index is 0.0103. The summed E-state index contributed by atoms with van der Waals surface area (Å²) in [6.07, 6.45) is 2.04. The molecule has 3 aromatic rings. The van der Waals surface area contributed by atoms with Crippen LogP contribution in [0.15, 0.2) is 45.5 Å².